The molecule has 0 radical (unpaired) electrons. The molecule has 118 valence electrons. The number of benzene rings is 1. The van der Waals surface area contributed by atoms with Gasteiger partial charge in [0.05, 0.1) is 15.5 Å². The maximum Gasteiger partial charge on any atom is 0.271 e. The summed E-state index contributed by atoms with van der Waals surface area (Å²) in [4.78, 5) is 24.3. The minimum absolute atomic E-state index is 0.0805. The number of fused-ring (bicyclic) bond motifs is 1. The Morgan fingerprint density at radius 1 is 1.36 bits per heavy atom. The number of non-ortho nitro benzene ring substituents is 1. The van der Waals surface area contributed by atoms with E-state index in [0.717, 1.165) is 0 Å². The highest BCUT2D eigenvalue weighted by atomic mass is 35.5. The number of aromatic nitrogens is 1. The maximum absolute atomic E-state index is 12.4. The minimum atomic E-state index is -0.488. The van der Waals surface area contributed by atoms with E-state index in [9.17, 15) is 14.9 Å². The Labute approximate surface area is 133 Å². The van der Waals surface area contributed by atoms with E-state index in [4.69, 9.17) is 11.6 Å². The van der Waals surface area contributed by atoms with Crippen LogP contribution in [0.1, 0.15) is 24.3 Å². The SMILES string of the molecule is CC(C)Cn1c(C(=O)N(C)C)cc2cc([N+](=O)[O-])cc(Cl)c21. The number of carbonyl (C=O) groups excluding carboxylic acids is 1. The molecule has 1 aromatic heterocycles. The molecule has 6 nitrogen and oxygen atoms in total. The summed E-state index contributed by atoms with van der Waals surface area (Å²) in [5, 5.41) is 11.9. The molecule has 0 unspecified atom stereocenters. The average Bonchev–Trinajstić information content (AvgIpc) is 2.75. The van der Waals surface area contributed by atoms with Crippen LogP contribution in [0.4, 0.5) is 5.69 Å². The first-order valence-corrected chi connectivity index (χ1v) is 7.29. The van der Waals surface area contributed by atoms with Crippen molar-refractivity contribution in [3.63, 3.8) is 0 Å². The molecule has 1 heterocycles. The molecule has 1 aromatic carbocycles. The number of hydrogen-bond donors (Lipinski definition) is 0. The molecule has 0 saturated heterocycles. The Hall–Kier alpha value is -2.08. The van der Waals surface area contributed by atoms with E-state index in [1.54, 1.807) is 20.2 Å². The zero-order valence-electron chi connectivity index (χ0n) is 13.0. The van der Waals surface area contributed by atoms with Gasteiger partial charge in [-0.05, 0) is 12.0 Å². The fourth-order valence-corrected chi connectivity index (χ4v) is 2.74. The monoisotopic (exact) mass is 323 g/mol. The number of hydrogen-bond acceptors (Lipinski definition) is 3. The van der Waals surface area contributed by atoms with E-state index in [1.807, 2.05) is 18.4 Å². The molecule has 2 rings (SSSR count). The third kappa shape index (κ3) is 2.92. The molecule has 0 atom stereocenters. The predicted molar refractivity (Wildman–Crippen MR) is 86.5 cm³/mol. The van der Waals surface area contributed by atoms with Crippen LogP contribution in [0.2, 0.25) is 5.02 Å². The molecular formula is C15H18ClN3O3. The van der Waals surface area contributed by atoms with Crippen LogP contribution in [0.15, 0.2) is 18.2 Å². The lowest BCUT2D eigenvalue weighted by Gasteiger charge is -2.16. The summed E-state index contributed by atoms with van der Waals surface area (Å²) >= 11 is 6.24. The molecule has 0 saturated carbocycles. The number of amides is 1. The first kappa shape index (κ1) is 16.3. The van der Waals surface area contributed by atoms with Gasteiger partial charge in [0.1, 0.15) is 5.69 Å². The number of nitrogens with zero attached hydrogens (tertiary/aromatic N) is 3. The Kier molecular flexibility index (Phi) is 4.42. The predicted octanol–water partition coefficient (Wildman–Crippen LogP) is 3.56. The molecule has 0 bridgehead atoms. The van der Waals surface area contributed by atoms with Crippen molar-refractivity contribution in [2.45, 2.75) is 20.4 Å². The molecule has 0 fully saturated rings. The zero-order chi connectivity index (χ0) is 16.6. The van der Waals surface area contributed by atoms with E-state index < -0.39 is 4.92 Å². The Bertz CT molecular complexity index is 750. The Balaban J connectivity index is 2.76. The van der Waals surface area contributed by atoms with Crippen molar-refractivity contribution in [1.82, 2.24) is 9.47 Å². The number of rotatable bonds is 4. The quantitative estimate of drug-likeness (QED) is 0.638. The molecule has 7 heteroatoms. The molecule has 0 aliphatic heterocycles. The van der Waals surface area contributed by atoms with E-state index in [1.165, 1.54) is 17.0 Å². The average molecular weight is 324 g/mol. The van der Waals surface area contributed by atoms with Gasteiger partial charge in [-0.25, -0.2) is 0 Å². The molecule has 0 aliphatic carbocycles. The van der Waals surface area contributed by atoms with Crippen LogP contribution in [0.25, 0.3) is 10.9 Å². The van der Waals surface area contributed by atoms with Crippen molar-refractivity contribution in [3.8, 4) is 0 Å². The van der Waals surface area contributed by atoms with E-state index in [-0.39, 0.29) is 16.6 Å². The first-order chi connectivity index (χ1) is 10.2. The summed E-state index contributed by atoms with van der Waals surface area (Å²) < 4.78 is 1.84. The minimum Gasteiger partial charge on any atom is -0.343 e. The number of halogens is 1. The maximum atomic E-state index is 12.4. The third-order valence-electron chi connectivity index (χ3n) is 3.31. The normalized spacial score (nSPS) is 11.2. The van der Waals surface area contributed by atoms with Gasteiger partial charge in [0.2, 0.25) is 0 Å². The number of carbonyl (C=O) groups is 1. The van der Waals surface area contributed by atoms with Gasteiger partial charge >= 0.3 is 0 Å². The van der Waals surface area contributed by atoms with Crippen LogP contribution in [-0.4, -0.2) is 34.4 Å². The van der Waals surface area contributed by atoms with E-state index in [0.29, 0.717) is 29.1 Å². The van der Waals surface area contributed by atoms with Crippen molar-refractivity contribution in [1.29, 1.82) is 0 Å². The summed E-state index contributed by atoms with van der Waals surface area (Å²) in [6.07, 6.45) is 0. The lowest BCUT2D eigenvalue weighted by Crippen LogP contribution is -2.25. The van der Waals surface area contributed by atoms with Gasteiger partial charge in [-0.1, -0.05) is 25.4 Å². The van der Waals surface area contributed by atoms with Gasteiger partial charge in [0.15, 0.2) is 0 Å². The van der Waals surface area contributed by atoms with Gasteiger partial charge in [-0.2, -0.15) is 0 Å². The van der Waals surface area contributed by atoms with Crippen LogP contribution in [0, 0.1) is 16.0 Å². The lowest BCUT2D eigenvalue weighted by molar-refractivity contribution is -0.384. The molecule has 0 N–H and O–H groups in total. The largest absolute Gasteiger partial charge is 0.343 e. The molecular weight excluding hydrogens is 306 g/mol. The second kappa shape index (κ2) is 5.96. The van der Waals surface area contributed by atoms with E-state index >= 15 is 0 Å². The standard InChI is InChI=1S/C15H18ClN3O3/c1-9(2)8-18-13(15(20)17(3)4)6-10-5-11(19(21)22)7-12(16)14(10)18/h5-7,9H,8H2,1-4H3. The van der Waals surface area contributed by atoms with Crippen molar-refractivity contribution < 1.29 is 9.72 Å². The summed E-state index contributed by atoms with van der Waals surface area (Å²) in [6, 6.07) is 4.44. The van der Waals surface area contributed by atoms with Gasteiger partial charge in [-0.15, -0.1) is 0 Å². The lowest BCUT2D eigenvalue weighted by atomic mass is 10.2. The molecule has 22 heavy (non-hydrogen) atoms. The van der Waals surface area contributed by atoms with Gasteiger partial charge in [-0.3, -0.25) is 14.9 Å². The first-order valence-electron chi connectivity index (χ1n) is 6.91. The molecule has 0 spiro atoms. The van der Waals surface area contributed by atoms with E-state index in [2.05, 4.69) is 0 Å². The fourth-order valence-electron chi connectivity index (χ4n) is 2.41. The third-order valence-corrected chi connectivity index (χ3v) is 3.60. The highest BCUT2D eigenvalue weighted by Crippen LogP contribution is 2.32. The zero-order valence-corrected chi connectivity index (χ0v) is 13.7. The highest BCUT2D eigenvalue weighted by molar-refractivity contribution is 6.35. The van der Waals surface area contributed by atoms with Gasteiger partial charge in [0.25, 0.3) is 11.6 Å². The Morgan fingerprint density at radius 3 is 2.50 bits per heavy atom. The van der Waals surface area contributed by atoms with Crippen molar-refractivity contribution in [2.24, 2.45) is 5.92 Å². The molecule has 2 aromatic rings. The second-order valence-electron chi connectivity index (χ2n) is 5.86. The van der Waals surface area contributed by atoms with Crippen molar-refractivity contribution in [2.75, 3.05) is 14.1 Å². The second-order valence-corrected chi connectivity index (χ2v) is 6.26. The number of nitro groups is 1. The smallest absolute Gasteiger partial charge is 0.271 e. The van der Waals surface area contributed by atoms with Crippen molar-refractivity contribution >= 4 is 34.1 Å². The van der Waals surface area contributed by atoms with Crippen molar-refractivity contribution in [3.05, 3.63) is 39.0 Å². The van der Waals surface area contributed by atoms with Gasteiger partial charge < -0.3 is 9.47 Å². The van der Waals surface area contributed by atoms with Gasteiger partial charge in [0, 0.05) is 38.2 Å². The van der Waals surface area contributed by atoms with Crippen LogP contribution in [0.5, 0.6) is 0 Å². The van der Waals surface area contributed by atoms with Crippen LogP contribution in [-0.2, 0) is 6.54 Å². The fraction of sp³-hybridized carbons (Fsp3) is 0.400. The van der Waals surface area contributed by atoms with Crippen LogP contribution < -0.4 is 0 Å². The number of nitro benzene ring substituents is 1. The summed E-state index contributed by atoms with van der Waals surface area (Å²) in [5.74, 6) is 0.145. The summed E-state index contributed by atoms with van der Waals surface area (Å²) in [7, 11) is 3.34. The topological polar surface area (TPSA) is 68.4 Å². The summed E-state index contributed by atoms with van der Waals surface area (Å²) in [6.45, 7) is 4.68. The van der Waals surface area contributed by atoms with Crippen LogP contribution in [0.3, 0.4) is 0 Å². The Morgan fingerprint density at radius 2 is 2.00 bits per heavy atom. The summed E-state index contributed by atoms with van der Waals surface area (Å²) in [5.41, 5.74) is 1.06. The molecule has 0 aliphatic rings. The highest BCUT2D eigenvalue weighted by Gasteiger charge is 2.21. The van der Waals surface area contributed by atoms with Crippen LogP contribution >= 0.6 is 11.6 Å². The molecule has 1 amide bonds.